The second kappa shape index (κ2) is 9.45. The molecular formula is C23H28FN3O3. The van der Waals surface area contributed by atoms with E-state index in [1.54, 1.807) is 11.0 Å². The number of nitrogens with one attached hydrogen (secondary N) is 2. The summed E-state index contributed by atoms with van der Waals surface area (Å²) < 4.78 is 23.9. The maximum atomic E-state index is 13.1. The van der Waals surface area contributed by atoms with Crippen LogP contribution in [0.3, 0.4) is 0 Å². The maximum absolute atomic E-state index is 13.1. The highest BCUT2D eigenvalue weighted by Crippen LogP contribution is 2.35. The lowest BCUT2D eigenvalue weighted by Gasteiger charge is -2.18. The number of benzene rings is 2. The van der Waals surface area contributed by atoms with Gasteiger partial charge in [-0.1, -0.05) is 31.0 Å². The summed E-state index contributed by atoms with van der Waals surface area (Å²) in [5, 5.41) is 0. The topological polar surface area (TPSA) is 62.8 Å². The molecule has 0 bridgehead atoms. The predicted molar refractivity (Wildman–Crippen MR) is 112 cm³/mol. The molecule has 1 fully saturated rings. The summed E-state index contributed by atoms with van der Waals surface area (Å²) in [7, 11) is 1.83. The van der Waals surface area contributed by atoms with Crippen LogP contribution < -0.4 is 20.3 Å². The van der Waals surface area contributed by atoms with Crippen LogP contribution in [-0.2, 0) is 0 Å². The number of rotatable bonds is 8. The molecule has 2 heterocycles. The molecule has 160 valence electrons. The molecule has 7 heteroatoms. The van der Waals surface area contributed by atoms with Crippen molar-refractivity contribution in [3.63, 3.8) is 0 Å². The highest BCUT2D eigenvalue weighted by molar-refractivity contribution is 5.97. The van der Waals surface area contributed by atoms with Crippen molar-refractivity contribution in [3.05, 3.63) is 59.4 Å². The van der Waals surface area contributed by atoms with Crippen LogP contribution in [0.1, 0.15) is 54.1 Å². The monoisotopic (exact) mass is 413 g/mol. The molecule has 1 amide bonds. The Bertz CT molecular complexity index is 874. The number of nitrogens with zero attached hydrogens (tertiary/aromatic N) is 1. The number of hydrazine groups is 1. The zero-order valence-corrected chi connectivity index (χ0v) is 17.2. The number of halogens is 1. The summed E-state index contributed by atoms with van der Waals surface area (Å²) in [5.74, 6) is 0.930. The number of carbonyl (C=O) groups excluding carboxylic acids is 1. The number of ether oxygens (including phenoxy) is 2. The van der Waals surface area contributed by atoms with Gasteiger partial charge in [-0.25, -0.2) is 4.39 Å². The summed E-state index contributed by atoms with van der Waals surface area (Å²) in [6, 6.07) is 12.7. The molecule has 2 N–H and O–H groups in total. The van der Waals surface area contributed by atoms with E-state index in [1.165, 1.54) is 12.1 Å². The number of para-hydroxylation sites is 1. The minimum Gasteiger partial charge on any atom is -0.454 e. The van der Waals surface area contributed by atoms with Crippen LogP contribution in [-0.4, -0.2) is 37.2 Å². The van der Waals surface area contributed by atoms with Gasteiger partial charge in [0.25, 0.3) is 5.91 Å². The van der Waals surface area contributed by atoms with Crippen LogP contribution in [0, 0.1) is 5.82 Å². The van der Waals surface area contributed by atoms with Gasteiger partial charge in [0.15, 0.2) is 11.5 Å². The number of amides is 1. The van der Waals surface area contributed by atoms with E-state index in [9.17, 15) is 9.18 Å². The van der Waals surface area contributed by atoms with Crippen LogP contribution in [0.5, 0.6) is 11.5 Å². The SMILES string of the molecule is CN(CCCCCC1CC(c2ccc(F)cc2)NN1)C(=O)c1cccc2c1OCO2. The molecule has 2 atom stereocenters. The Morgan fingerprint density at radius 1 is 1.10 bits per heavy atom. The fourth-order valence-corrected chi connectivity index (χ4v) is 4.05. The van der Waals surface area contributed by atoms with Crippen molar-refractivity contribution in [3.8, 4) is 11.5 Å². The van der Waals surface area contributed by atoms with Crippen molar-refractivity contribution in [2.24, 2.45) is 0 Å². The van der Waals surface area contributed by atoms with Crippen molar-refractivity contribution < 1.29 is 18.7 Å². The quantitative estimate of drug-likeness (QED) is 0.645. The smallest absolute Gasteiger partial charge is 0.257 e. The van der Waals surface area contributed by atoms with Gasteiger partial charge in [0.2, 0.25) is 6.79 Å². The predicted octanol–water partition coefficient (Wildman–Crippen LogP) is 3.79. The van der Waals surface area contributed by atoms with E-state index in [4.69, 9.17) is 9.47 Å². The van der Waals surface area contributed by atoms with Gasteiger partial charge in [-0.2, -0.15) is 0 Å². The Kier molecular flexibility index (Phi) is 6.50. The van der Waals surface area contributed by atoms with Crippen LogP contribution in [0.4, 0.5) is 4.39 Å². The number of unbranched alkanes of at least 4 members (excludes halogenated alkanes) is 2. The first-order chi connectivity index (χ1) is 14.6. The molecule has 0 saturated carbocycles. The number of carbonyl (C=O) groups is 1. The molecule has 4 rings (SSSR count). The molecule has 1 saturated heterocycles. The van der Waals surface area contributed by atoms with E-state index in [1.807, 2.05) is 31.3 Å². The van der Waals surface area contributed by atoms with Crippen LogP contribution >= 0.6 is 0 Å². The summed E-state index contributed by atoms with van der Waals surface area (Å²) in [6.45, 7) is 0.868. The molecule has 2 aliphatic heterocycles. The largest absolute Gasteiger partial charge is 0.454 e. The molecule has 2 aliphatic rings. The Labute approximate surface area is 176 Å². The zero-order valence-electron chi connectivity index (χ0n) is 17.2. The first-order valence-corrected chi connectivity index (χ1v) is 10.5. The van der Waals surface area contributed by atoms with Gasteiger partial charge >= 0.3 is 0 Å². The Morgan fingerprint density at radius 3 is 2.77 bits per heavy atom. The normalized spacial score (nSPS) is 19.8. The molecule has 0 radical (unpaired) electrons. The Hall–Kier alpha value is -2.64. The lowest BCUT2D eigenvalue weighted by atomic mass is 9.99. The summed E-state index contributed by atoms with van der Waals surface area (Å²) in [4.78, 5) is 14.5. The van der Waals surface area contributed by atoms with Gasteiger partial charge in [0.05, 0.1) is 5.56 Å². The standard InChI is InChI=1S/C23H28FN3O3/c1-27(23(28)19-7-5-8-21-22(19)30-15-29-21)13-4-2-3-6-18-14-20(26-25-18)16-9-11-17(24)12-10-16/h5,7-12,18,20,25-26H,2-4,6,13-15H2,1H3. The summed E-state index contributed by atoms with van der Waals surface area (Å²) in [5.41, 5.74) is 8.32. The third-order valence-corrected chi connectivity index (χ3v) is 5.77. The minimum absolute atomic E-state index is 0.0406. The zero-order chi connectivity index (χ0) is 20.9. The summed E-state index contributed by atoms with van der Waals surface area (Å²) in [6.07, 6.45) is 5.17. The van der Waals surface area contributed by atoms with Crippen molar-refractivity contribution in [1.29, 1.82) is 0 Å². The fourth-order valence-electron chi connectivity index (χ4n) is 4.05. The summed E-state index contributed by atoms with van der Waals surface area (Å²) >= 11 is 0. The van der Waals surface area contributed by atoms with E-state index in [2.05, 4.69) is 10.9 Å². The number of hydrogen-bond acceptors (Lipinski definition) is 5. The maximum Gasteiger partial charge on any atom is 0.257 e. The van der Waals surface area contributed by atoms with E-state index < -0.39 is 0 Å². The van der Waals surface area contributed by atoms with Gasteiger partial charge in [-0.3, -0.25) is 15.6 Å². The van der Waals surface area contributed by atoms with E-state index in [0.29, 0.717) is 29.6 Å². The molecular weight excluding hydrogens is 385 g/mol. The van der Waals surface area contributed by atoms with E-state index in [-0.39, 0.29) is 24.6 Å². The first kappa shape index (κ1) is 20.6. The van der Waals surface area contributed by atoms with Gasteiger partial charge in [0, 0.05) is 25.7 Å². The second-order valence-corrected chi connectivity index (χ2v) is 7.94. The highest BCUT2D eigenvalue weighted by atomic mass is 19.1. The lowest BCUT2D eigenvalue weighted by molar-refractivity contribution is 0.0787. The number of hydrogen-bond donors (Lipinski definition) is 2. The molecule has 0 spiro atoms. The number of fused-ring (bicyclic) bond motifs is 1. The van der Waals surface area contributed by atoms with Crippen LogP contribution in [0.25, 0.3) is 0 Å². The van der Waals surface area contributed by atoms with Crippen molar-refractivity contribution in [2.45, 2.75) is 44.2 Å². The van der Waals surface area contributed by atoms with Crippen molar-refractivity contribution in [1.82, 2.24) is 15.8 Å². The third-order valence-electron chi connectivity index (χ3n) is 5.77. The van der Waals surface area contributed by atoms with Crippen LogP contribution in [0.15, 0.2) is 42.5 Å². The molecule has 6 nitrogen and oxygen atoms in total. The Balaban J connectivity index is 1.16. The third kappa shape index (κ3) is 4.74. The van der Waals surface area contributed by atoms with Crippen molar-refractivity contribution in [2.75, 3.05) is 20.4 Å². The molecule has 2 unspecified atom stereocenters. The lowest BCUT2D eigenvalue weighted by Crippen LogP contribution is -2.30. The van der Waals surface area contributed by atoms with E-state index in [0.717, 1.165) is 37.7 Å². The molecule has 2 aromatic carbocycles. The molecule has 0 aliphatic carbocycles. The fraction of sp³-hybridized carbons (Fsp3) is 0.435. The van der Waals surface area contributed by atoms with E-state index >= 15 is 0 Å². The first-order valence-electron chi connectivity index (χ1n) is 10.5. The highest BCUT2D eigenvalue weighted by Gasteiger charge is 2.25. The van der Waals surface area contributed by atoms with Crippen molar-refractivity contribution >= 4 is 5.91 Å². The van der Waals surface area contributed by atoms with Crippen LogP contribution in [0.2, 0.25) is 0 Å². The molecule has 2 aromatic rings. The molecule has 0 aromatic heterocycles. The van der Waals surface area contributed by atoms with Gasteiger partial charge < -0.3 is 14.4 Å². The Morgan fingerprint density at radius 2 is 1.93 bits per heavy atom. The van der Waals surface area contributed by atoms with Gasteiger partial charge in [0.1, 0.15) is 5.82 Å². The average Bonchev–Trinajstić information content (AvgIpc) is 3.42. The second-order valence-electron chi connectivity index (χ2n) is 7.94. The minimum atomic E-state index is -0.206. The van der Waals surface area contributed by atoms with Gasteiger partial charge in [-0.05, 0) is 49.1 Å². The average molecular weight is 413 g/mol. The van der Waals surface area contributed by atoms with Gasteiger partial charge in [-0.15, -0.1) is 0 Å². The molecule has 30 heavy (non-hydrogen) atoms.